The lowest BCUT2D eigenvalue weighted by molar-refractivity contribution is 0.0106. The van der Waals surface area contributed by atoms with Crippen molar-refractivity contribution >= 4 is 6.09 Å². The summed E-state index contributed by atoms with van der Waals surface area (Å²) in [5.41, 5.74) is 0. The van der Waals surface area contributed by atoms with Gasteiger partial charge in [-0.1, -0.05) is 0 Å². The number of amides is 1. The molecule has 0 aliphatic carbocycles. The molecule has 5 heteroatoms. The summed E-state index contributed by atoms with van der Waals surface area (Å²) in [5, 5.41) is 17.3. The molecule has 0 saturated carbocycles. The second kappa shape index (κ2) is 3.04. The molecule has 1 amide bonds. The number of halogens is 1. The summed E-state index contributed by atoms with van der Waals surface area (Å²) >= 11 is 0. The highest BCUT2D eigenvalue weighted by atomic mass is 19.1. The van der Waals surface area contributed by atoms with Crippen LogP contribution in [0.3, 0.4) is 0 Å². The van der Waals surface area contributed by atoms with Gasteiger partial charge in [0.1, 0.15) is 6.17 Å². The Labute approximate surface area is 63.2 Å². The van der Waals surface area contributed by atoms with Crippen LogP contribution in [0.15, 0.2) is 0 Å². The van der Waals surface area contributed by atoms with E-state index in [1.165, 1.54) is 0 Å². The number of aliphatic hydroxyl groups is 1. The van der Waals surface area contributed by atoms with Crippen LogP contribution in [0.25, 0.3) is 0 Å². The van der Waals surface area contributed by atoms with Gasteiger partial charge < -0.3 is 15.1 Å². The van der Waals surface area contributed by atoms with Crippen molar-refractivity contribution in [3.63, 3.8) is 0 Å². The minimum Gasteiger partial charge on any atom is -0.465 e. The molecule has 0 aromatic heterocycles. The molecule has 0 aromatic rings. The molecule has 0 aromatic carbocycles. The monoisotopic (exact) mass is 163 g/mol. The number of carboxylic acid groups (broad SMARTS) is 1. The van der Waals surface area contributed by atoms with Crippen LogP contribution in [0.5, 0.6) is 0 Å². The van der Waals surface area contributed by atoms with Crippen LogP contribution in [0.4, 0.5) is 9.18 Å². The van der Waals surface area contributed by atoms with Gasteiger partial charge in [-0.15, -0.1) is 0 Å². The van der Waals surface area contributed by atoms with Gasteiger partial charge in [-0.05, 0) is 6.42 Å². The number of rotatable bonds is 0. The van der Waals surface area contributed by atoms with Crippen LogP contribution in [0.1, 0.15) is 6.42 Å². The molecule has 1 fully saturated rings. The standard InChI is InChI=1S/C6H10FNO3/c7-4-3-8(6(10)11)2-1-5(4)9/h4-5,9H,1-3H2,(H,10,11)/t4-,5+/m0/s1. The first-order valence-electron chi connectivity index (χ1n) is 3.41. The van der Waals surface area contributed by atoms with E-state index in [0.717, 1.165) is 4.90 Å². The van der Waals surface area contributed by atoms with Crippen LogP contribution < -0.4 is 0 Å². The average Bonchev–Trinajstić information content (AvgIpc) is 1.94. The Bertz CT molecular complexity index is 164. The van der Waals surface area contributed by atoms with Crippen LogP contribution >= 0.6 is 0 Å². The molecule has 2 atom stereocenters. The van der Waals surface area contributed by atoms with E-state index in [1.807, 2.05) is 0 Å². The zero-order valence-corrected chi connectivity index (χ0v) is 5.90. The zero-order valence-electron chi connectivity index (χ0n) is 5.90. The highest BCUT2D eigenvalue weighted by Gasteiger charge is 2.29. The number of alkyl halides is 1. The van der Waals surface area contributed by atoms with Crippen molar-refractivity contribution < 1.29 is 19.4 Å². The number of hydrogen-bond acceptors (Lipinski definition) is 2. The van der Waals surface area contributed by atoms with Crippen LogP contribution in [-0.4, -0.2) is 46.6 Å². The third-order valence-electron chi connectivity index (χ3n) is 1.78. The lowest BCUT2D eigenvalue weighted by Gasteiger charge is -2.29. The predicted octanol–water partition coefficient (Wildman–Crippen LogP) is 0.0691. The number of hydrogen-bond donors (Lipinski definition) is 2. The molecule has 1 heterocycles. The Morgan fingerprint density at radius 1 is 1.64 bits per heavy atom. The van der Waals surface area contributed by atoms with Gasteiger partial charge in [0.25, 0.3) is 0 Å². The summed E-state index contributed by atoms with van der Waals surface area (Å²) in [5.74, 6) is 0. The van der Waals surface area contributed by atoms with Gasteiger partial charge in [0, 0.05) is 6.54 Å². The zero-order chi connectivity index (χ0) is 8.43. The molecule has 1 aliphatic rings. The number of aliphatic hydroxyl groups excluding tert-OH is 1. The van der Waals surface area contributed by atoms with Crippen molar-refractivity contribution in [1.82, 2.24) is 4.90 Å². The largest absolute Gasteiger partial charge is 0.465 e. The third kappa shape index (κ3) is 1.80. The lowest BCUT2D eigenvalue weighted by atomic mass is 10.1. The van der Waals surface area contributed by atoms with Gasteiger partial charge in [-0.2, -0.15) is 0 Å². The summed E-state index contributed by atoms with van der Waals surface area (Å²) in [4.78, 5) is 11.3. The normalized spacial score (nSPS) is 32.0. The van der Waals surface area contributed by atoms with E-state index in [4.69, 9.17) is 10.2 Å². The lowest BCUT2D eigenvalue weighted by Crippen LogP contribution is -2.46. The Kier molecular flexibility index (Phi) is 2.28. The first-order valence-corrected chi connectivity index (χ1v) is 3.41. The van der Waals surface area contributed by atoms with E-state index >= 15 is 0 Å². The van der Waals surface area contributed by atoms with Crippen molar-refractivity contribution in [1.29, 1.82) is 0 Å². The number of piperidine rings is 1. The molecule has 64 valence electrons. The van der Waals surface area contributed by atoms with Crippen LogP contribution in [-0.2, 0) is 0 Å². The summed E-state index contributed by atoms with van der Waals surface area (Å²) in [6, 6.07) is 0. The Balaban J connectivity index is 2.46. The second-order valence-corrected chi connectivity index (χ2v) is 2.60. The summed E-state index contributed by atoms with van der Waals surface area (Å²) < 4.78 is 12.6. The number of carbonyl (C=O) groups is 1. The molecule has 2 N–H and O–H groups in total. The summed E-state index contributed by atoms with van der Waals surface area (Å²) in [7, 11) is 0. The molecular weight excluding hydrogens is 153 g/mol. The summed E-state index contributed by atoms with van der Waals surface area (Å²) in [6.45, 7) is 0.00736. The van der Waals surface area contributed by atoms with Gasteiger partial charge in [0.05, 0.1) is 12.6 Å². The fourth-order valence-electron chi connectivity index (χ4n) is 1.07. The molecular formula is C6H10FNO3. The topological polar surface area (TPSA) is 60.8 Å². The minimum absolute atomic E-state index is 0.188. The maximum Gasteiger partial charge on any atom is 0.407 e. The van der Waals surface area contributed by atoms with E-state index in [1.54, 1.807) is 0 Å². The van der Waals surface area contributed by atoms with Gasteiger partial charge in [-0.3, -0.25) is 0 Å². The van der Waals surface area contributed by atoms with Crippen molar-refractivity contribution in [2.45, 2.75) is 18.7 Å². The molecule has 11 heavy (non-hydrogen) atoms. The second-order valence-electron chi connectivity index (χ2n) is 2.60. The first-order chi connectivity index (χ1) is 5.11. The predicted molar refractivity (Wildman–Crippen MR) is 35.1 cm³/mol. The molecule has 0 spiro atoms. The highest BCUT2D eigenvalue weighted by molar-refractivity contribution is 5.65. The van der Waals surface area contributed by atoms with E-state index in [0.29, 0.717) is 0 Å². The van der Waals surface area contributed by atoms with E-state index < -0.39 is 18.4 Å². The van der Waals surface area contributed by atoms with E-state index in [2.05, 4.69) is 0 Å². The molecule has 4 nitrogen and oxygen atoms in total. The van der Waals surface area contributed by atoms with Crippen LogP contribution in [0.2, 0.25) is 0 Å². The molecule has 0 radical (unpaired) electrons. The van der Waals surface area contributed by atoms with Crippen molar-refractivity contribution in [3.8, 4) is 0 Å². The maximum atomic E-state index is 12.6. The fraction of sp³-hybridized carbons (Fsp3) is 0.833. The average molecular weight is 163 g/mol. The number of nitrogens with zero attached hydrogens (tertiary/aromatic N) is 1. The quantitative estimate of drug-likeness (QED) is 0.531. The van der Waals surface area contributed by atoms with Crippen molar-refractivity contribution in [2.75, 3.05) is 13.1 Å². The molecule has 1 aliphatic heterocycles. The first kappa shape index (κ1) is 8.26. The van der Waals surface area contributed by atoms with E-state index in [-0.39, 0.29) is 19.5 Å². The third-order valence-corrected chi connectivity index (χ3v) is 1.78. The fourth-order valence-corrected chi connectivity index (χ4v) is 1.07. The Morgan fingerprint density at radius 3 is 2.73 bits per heavy atom. The SMILES string of the molecule is O=C(O)N1CC[C@@H](O)[C@@H](F)C1. The Hall–Kier alpha value is -0.840. The van der Waals surface area contributed by atoms with Gasteiger partial charge in [0.15, 0.2) is 0 Å². The van der Waals surface area contributed by atoms with Gasteiger partial charge in [0.2, 0.25) is 0 Å². The smallest absolute Gasteiger partial charge is 0.407 e. The van der Waals surface area contributed by atoms with Crippen LogP contribution in [0, 0.1) is 0 Å². The summed E-state index contributed by atoms with van der Waals surface area (Å²) in [6.07, 6.45) is -3.36. The molecule has 1 saturated heterocycles. The Morgan fingerprint density at radius 2 is 2.27 bits per heavy atom. The molecule has 0 bridgehead atoms. The van der Waals surface area contributed by atoms with Crippen molar-refractivity contribution in [3.05, 3.63) is 0 Å². The van der Waals surface area contributed by atoms with Gasteiger partial charge in [-0.25, -0.2) is 9.18 Å². The van der Waals surface area contributed by atoms with Gasteiger partial charge >= 0.3 is 6.09 Å². The molecule has 0 unspecified atom stereocenters. The van der Waals surface area contributed by atoms with E-state index in [9.17, 15) is 9.18 Å². The highest BCUT2D eigenvalue weighted by Crippen LogP contribution is 2.13. The van der Waals surface area contributed by atoms with Crippen molar-refractivity contribution in [2.24, 2.45) is 0 Å². The number of likely N-dealkylation sites (tertiary alicyclic amines) is 1. The minimum atomic E-state index is -1.43. The molecule has 1 rings (SSSR count). The maximum absolute atomic E-state index is 12.6.